The van der Waals surface area contributed by atoms with Crippen molar-refractivity contribution < 1.29 is 9.69 Å². The van der Waals surface area contributed by atoms with Gasteiger partial charge in [0.1, 0.15) is 0 Å². The molecule has 1 aromatic carbocycles. The summed E-state index contributed by atoms with van der Waals surface area (Å²) in [6.07, 6.45) is 3.25. The molecule has 0 saturated carbocycles. The highest BCUT2D eigenvalue weighted by molar-refractivity contribution is 5.90. The average Bonchev–Trinajstić information content (AvgIpc) is 2.77. The molecule has 18 heavy (non-hydrogen) atoms. The Morgan fingerprint density at radius 3 is 2.39 bits per heavy atom. The fourth-order valence-corrected chi connectivity index (χ4v) is 2.69. The maximum Gasteiger partial charge on any atom is 0.230 e. The van der Waals surface area contributed by atoms with Gasteiger partial charge >= 0.3 is 0 Å². The summed E-state index contributed by atoms with van der Waals surface area (Å²) < 4.78 is 0. The molecule has 1 heterocycles. The topological polar surface area (TPSA) is 33.5 Å². The van der Waals surface area contributed by atoms with Crippen LogP contribution in [0, 0.1) is 13.8 Å². The number of rotatable bonds is 4. The van der Waals surface area contributed by atoms with Crippen molar-refractivity contribution in [2.24, 2.45) is 0 Å². The van der Waals surface area contributed by atoms with Crippen molar-refractivity contribution in [1.29, 1.82) is 0 Å². The third kappa shape index (κ3) is 3.84. The molecular formula is C15H23N2O+. The normalized spacial score (nSPS) is 15.9. The predicted molar refractivity (Wildman–Crippen MR) is 74.0 cm³/mol. The van der Waals surface area contributed by atoms with Gasteiger partial charge in [-0.05, 0) is 37.1 Å². The lowest BCUT2D eigenvalue weighted by Crippen LogP contribution is -3.10. The predicted octanol–water partition coefficient (Wildman–Crippen LogP) is 1.31. The van der Waals surface area contributed by atoms with E-state index in [4.69, 9.17) is 0 Å². The van der Waals surface area contributed by atoms with Crippen LogP contribution in [0.4, 0.5) is 5.69 Å². The maximum atomic E-state index is 11.9. The van der Waals surface area contributed by atoms with Gasteiger partial charge in [0.2, 0.25) is 5.91 Å². The molecular weight excluding hydrogens is 224 g/mol. The summed E-state index contributed by atoms with van der Waals surface area (Å²) in [5.41, 5.74) is 3.31. The van der Waals surface area contributed by atoms with Gasteiger partial charge in [-0.3, -0.25) is 4.79 Å². The molecule has 3 nitrogen and oxygen atoms in total. The summed E-state index contributed by atoms with van der Waals surface area (Å²) in [4.78, 5) is 13.4. The lowest BCUT2D eigenvalue weighted by Gasteiger charge is -2.12. The zero-order valence-corrected chi connectivity index (χ0v) is 11.4. The molecule has 0 radical (unpaired) electrons. The Balaban J connectivity index is 1.82. The molecule has 1 fully saturated rings. The number of nitrogens with one attached hydrogen (secondary N) is 2. The van der Waals surface area contributed by atoms with E-state index in [1.165, 1.54) is 37.1 Å². The summed E-state index contributed by atoms with van der Waals surface area (Å²) >= 11 is 0. The standard InChI is InChI=1S/C15H22N2O/c1-12-9-13(2)11-14(10-12)16-15(18)5-8-17-6-3-4-7-17/h9-11H,3-8H2,1-2H3,(H,16,18)/p+1. The summed E-state index contributed by atoms with van der Waals surface area (Å²) in [5.74, 6) is 0.138. The fourth-order valence-electron chi connectivity index (χ4n) is 2.69. The number of anilines is 1. The van der Waals surface area contributed by atoms with Gasteiger partial charge < -0.3 is 10.2 Å². The van der Waals surface area contributed by atoms with Crippen molar-refractivity contribution in [3.8, 4) is 0 Å². The van der Waals surface area contributed by atoms with Gasteiger partial charge in [0.15, 0.2) is 0 Å². The summed E-state index contributed by atoms with van der Waals surface area (Å²) in [7, 11) is 0. The highest BCUT2D eigenvalue weighted by Gasteiger charge is 2.16. The van der Waals surface area contributed by atoms with Crippen molar-refractivity contribution >= 4 is 11.6 Å². The van der Waals surface area contributed by atoms with Gasteiger partial charge in [-0.15, -0.1) is 0 Å². The number of carbonyl (C=O) groups is 1. The average molecular weight is 247 g/mol. The highest BCUT2D eigenvalue weighted by Crippen LogP contribution is 2.13. The van der Waals surface area contributed by atoms with E-state index in [0.717, 1.165) is 12.2 Å². The minimum Gasteiger partial charge on any atom is -0.334 e. The van der Waals surface area contributed by atoms with Crippen LogP contribution in [0.5, 0.6) is 0 Å². The van der Waals surface area contributed by atoms with Gasteiger partial charge in [0.25, 0.3) is 0 Å². The van der Waals surface area contributed by atoms with E-state index in [9.17, 15) is 4.79 Å². The molecule has 3 heteroatoms. The van der Waals surface area contributed by atoms with Crippen molar-refractivity contribution in [3.05, 3.63) is 29.3 Å². The zero-order chi connectivity index (χ0) is 13.0. The second-order valence-electron chi connectivity index (χ2n) is 5.38. The Hall–Kier alpha value is -1.35. The van der Waals surface area contributed by atoms with E-state index in [0.29, 0.717) is 6.42 Å². The number of carbonyl (C=O) groups excluding carboxylic acids is 1. The molecule has 0 bridgehead atoms. The van der Waals surface area contributed by atoms with Crippen molar-refractivity contribution in [1.82, 2.24) is 0 Å². The molecule has 0 atom stereocenters. The van der Waals surface area contributed by atoms with Gasteiger partial charge in [0.05, 0.1) is 26.1 Å². The lowest BCUT2D eigenvalue weighted by molar-refractivity contribution is -0.886. The van der Waals surface area contributed by atoms with Crippen LogP contribution in [0.2, 0.25) is 0 Å². The molecule has 2 N–H and O–H groups in total. The van der Waals surface area contributed by atoms with E-state index in [-0.39, 0.29) is 5.91 Å². The van der Waals surface area contributed by atoms with Gasteiger partial charge in [0, 0.05) is 18.5 Å². The first-order valence-electron chi connectivity index (χ1n) is 6.85. The number of quaternary nitrogens is 1. The van der Waals surface area contributed by atoms with Crippen LogP contribution in [0.25, 0.3) is 0 Å². The monoisotopic (exact) mass is 247 g/mol. The molecule has 0 aliphatic carbocycles. The van der Waals surface area contributed by atoms with Crippen molar-refractivity contribution in [3.63, 3.8) is 0 Å². The Bertz CT molecular complexity index is 402. The minimum absolute atomic E-state index is 0.138. The molecule has 0 spiro atoms. The van der Waals surface area contributed by atoms with Gasteiger partial charge in [-0.2, -0.15) is 0 Å². The Morgan fingerprint density at radius 1 is 1.17 bits per heavy atom. The quantitative estimate of drug-likeness (QED) is 0.826. The molecule has 1 aliphatic heterocycles. The van der Waals surface area contributed by atoms with Gasteiger partial charge in [-0.1, -0.05) is 6.07 Å². The molecule has 0 unspecified atom stereocenters. The van der Waals surface area contributed by atoms with Crippen molar-refractivity contribution in [2.75, 3.05) is 25.0 Å². The zero-order valence-electron chi connectivity index (χ0n) is 11.4. The largest absolute Gasteiger partial charge is 0.334 e. The number of hydrogen-bond donors (Lipinski definition) is 2. The van der Waals surface area contributed by atoms with Crippen LogP contribution in [-0.2, 0) is 4.79 Å². The van der Waals surface area contributed by atoms with E-state index in [1.54, 1.807) is 4.90 Å². The van der Waals surface area contributed by atoms with Crippen LogP contribution in [0.15, 0.2) is 18.2 Å². The Labute approximate surface area is 109 Å². The third-order valence-electron chi connectivity index (χ3n) is 3.52. The first-order valence-corrected chi connectivity index (χ1v) is 6.85. The van der Waals surface area contributed by atoms with Crippen molar-refractivity contribution in [2.45, 2.75) is 33.1 Å². The molecule has 1 amide bonds. The number of hydrogen-bond acceptors (Lipinski definition) is 1. The highest BCUT2D eigenvalue weighted by atomic mass is 16.1. The van der Waals surface area contributed by atoms with Gasteiger partial charge in [-0.25, -0.2) is 0 Å². The molecule has 0 aromatic heterocycles. The smallest absolute Gasteiger partial charge is 0.230 e. The van der Waals surface area contributed by atoms with E-state index >= 15 is 0 Å². The van der Waals surface area contributed by atoms with Crippen LogP contribution < -0.4 is 10.2 Å². The second-order valence-corrected chi connectivity index (χ2v) is 5.38. The number of likely N-dealkylation sites (tertiary alicyclic amines) is 1. The summed E-state index contributed by atoms with van der Waals surface area (Å²) in [6.45, 7) is 7.54. The first kappa shape index (κ1) is 13.1. The third-order valence-corrected chi connectivity index (χ3v) is 3.52. The first-order chi connectivity index (χ1) is 8.63. The summed E-state index contributed by atoms with van der Waals surface area (Å²) in [6, 6.07) is 6.16. The maximum absolute atomic E-state index is 11.9. The second kappa shape index (κ2) is 6.01. The van der Waals surface area contributed by atoms with Crippen LogP contribution in [0.3, 0.4) is 0 Å². The van der Waals surface area contributed by atoms with E-state index < -0.39 is 0 Å². The summed E-state index contributed by atoms with van der Waals surface area (Å²) in [5, 5.41) is 3.00. The number of benzene rings is 1. The van der Waals surface area contributed by atoms with Crippen LogP contribution >= 0.6 is 0 Å². The molecule has 1 saturated heterocycles. The SMILES string of the molecule is Cc1cc(C)cc(NC(=O)CC[NH+]2CCCC2)c1. The molecule has 1 aromatic rings. The Kier molecular flexibility index (Phi) is 4.37. The van der Waals surface area contributed by atoms with Crippen LogP contribution in [-0.4, -0.2) is 25.5 Å². The van der Waals surface area contributed by atoms with Crippen LogP contribution in [0.1, 0.15) is 30.4 Å². The molecule has 98 valence electrons. The molecule has 2 rings (SSSR count). The fraction of sp³-hybridized carbons (Fsp3) is 0.533. The minimum atomic E-state index is 0.138. The Morgan fingerprint density at radius 2 is 1.78 bits per heavy atom. The van der Waals surface area contributed by atoms with E-state index in [2.05, 4.69) is 25.2 Å². The number of amides is 1. The number of aryl methyl sites for hydroxylation is 2. The lowest BCUT2D eigenvalue weighted by atomic mass is 10.1. The molecule has 1 aliphatic rings. The van der Waals surface area contributed by atoms with E-state index in [1.807, 2.05) is 12.1 Å².